The van der Waals surface area contributed by atoms with Gasteiger partial charge in [-0.3, -0.25) is 0 Å². The third-order valence-corrected chi connectivity index (χ3v) is 4.83. The summed E-state index contributed by atoms with van der Waals surface area (Å²) in [5.41, 5.74) is 2.21. The van der Waals surface area contributed by atoms with E-state index in [9.17, 15) is 5.11 Å². The molecule has 0 amide bonds. The smallest absolute Gasteiger partial charge is 0.0880 e. The van der Waals surface area contributed by atoms with E-state index in [0.29, 0.717) is 0 Å². The van der Waals surface area contributed by atoms with Crippen LogP contribution in [0.2, 0.25) is 5.02 Å². The molecule has 0 aliphatic carbocycles. The van der Waals surface area contributed by atoms with Crippen molar-refractivity contribution in [2.75, 3.05) is 19.6 Å². The van der Waals surface area contributed by atoms with Gasteiger partial charge in [-0.25, -0.2) is 0 Å². The molecule has 3 heteroatoms. The van der Waals surface area contributed by atoms with Gasteiger partial charge in [0.05, 0.1) is 5.60 Å². The number of hydrogen-bond acceptors (Lipinski definition) is 2. The first-order chi connectivity index (χ1) is 11.0. The predicted molar refractivity (Wildman–Crippen MR) is 98.9 cm³/mol. The lowest BCUT2D eigenvalue weighted by Gasteiger charge is -2.28. The number of hydrogen-bond donors (Lipinski definition) is 1. The van der Waals surface area contributed by atoms with Crippen molar-refractivity contribution < 1.29 is 5.11 Å². The first kappa shape index (κ1) is 18.0. The number of halogens is 1. The molecule has 0 spiro atoms. The Balaban J connectivity index is 2.13. The van der Waals surface area contributed by atoms with Gasteiger partial charge in [-0.15, -0.1) is 0 Å². The Bertz CT molecular complexity index is 618. The number of aliphatic hydroxyl groups is 1. The van der Waals surface area contributed by atoms with Crippen molar-refractivity contribution in [1.29, 1.82) is 0 Å². The fourth-order valence-electron chi connectivity index (χ4n) is 2.76. The topological polar surface area (TPSA) is 23.5 Å². The molecule has 0 saturated heterocycles. The van der Waals surface area contributed by atoms with Crippen LogP contribution in [0, 0.1) is 0 Å². The summed E-state index contributed by atoms with van der Waals surface area (Å²) in [6, 6.07) is 15.9. The molecule has 0 aliphatic heterocycles. The van der Waals surface area contributed by atoms with Crippen molar-refractivity contribution in [2.45, 2.75) is 32.8 Å². The predicted octanol–water partition coefficient (Wildman–Crippen LogP) is 4.95. The Morgan fingerprint density at radius 1 is 1.00 bits per heavy atom. The number of nitrogens with zero attached hydrogens (tertiary/aromatic N) is 1. The second kappa shape index (κ2) is 7.96. The van der Waals surface area contributed by atoms with Crippen LogP contribution in [0.25, 0.3) is 11.1 Å². The maximum atomic E-state index is 10.8. The summed E-state index contributed by atoms with van der Waals surface area (Å²) in [5, 5.41) is 11.5. The Kier molecular flexibility index (Phi) is 6.23. The highest BCUT2D eigenvalue weighted by Crippen LogP contribution is 2.30. The molecular weight excluding hydrogens is 306 g/mol. The lowest BCUT2D eigenvalue weighted by molar-refractivity contribution is 0.0369. The fourth-order valence-corrected chi connectivity index (χ4v) is 3.01. The van der Waals surface area contributed by atoms with Crippen molar-refractivity contribution in [3.05, 3.63) is 59.1 Å². The summed E-state index contributed by atoms with van der Waals surface area (Å²) in [5.74, 6) is 0. The molecule has 2 aromatic carbocycles. The van der Waals surface area contributed by atoms with E-state index in [1.54, 1.807) is 0 Å². The Morgan fingerprint density at radius 2 is 1.61 bits per heavy atom. The van der Waals surface area contributed by atoms with Crippen LogP contribution >= 0.6 is 11.6 Å². The molecule has 124 valence electrons. The average Bonchev–Trinajstić information content (AvgIpc) is 2.56. The summed E-state index contributed by atoms with van der Waals surface area (Å²) in [7, 11) is 0. The second-order valence-electron chi connectivity index (χ2n) is 6.11. The molecule has 0 bridgehead atoms. The molecule has 0 heterocycles. The van der Waals surface area contributed by atoms with E-state index in [1.165, 1.54) is 0 Å². The zero-order valence-electron chi connectivity index (χ0n) is 14.2. The number of benzene rings is 2. The summed E-state index contributed by atoms with van der Waals surface area (Å²) in [6.07, 6.45) is 0.722. The lowest BCUT2D eigenvalue weighted by Crippen LogP contribution is -2.31. The average molecular weight is 332 g/mol. The zero-order chi connectivity index (χ0) is 16.9. The molecule has 1 atom stereocenters. The van der Waals surface area contributed by atoms with E-state index in [-0.39, 0.29) is 0 Å². The van der Waals surface area contributed by atoms with Gasteiger partial charge in [0.15, 0.2) is 0 Å². The summed E-state index contributed by atoms with van der Waals surface area (Å²) < 4.78 is 0. The molecular formula is C20H26ClNO. The van der Waals surface area contributed by atoms with Gasteiger partial charge in [0.25, 0.3) is 0 Å². The molecule has 0 aliphatic rings. The minimum Gasteiger partial charge on any atom is -0.385 e. The normalized spacial score (nSPS) is 14.0. The Hall–Kier alpha value is -1.35. The molecule has 23 heavy (non-hydrogen) atoms. The molecule has 1 N–H and O–H groups in total. The highest BCUT2D eigenvalue weighted by atomic mass is 35.5. The van der Waals surface area contributed by atoms with E-state index >= 15 is 0 Å². The largest absolute Gasteiger partial charge is 0.385 e. The molecule has 0 radical (unpaired) electrons. The quantitative estimate of drug-likeness (QED) is 0.776. The monoisotopic (exact) mass is 331 g/mol. The summed E-state index contributed by atoms with van der Waals surface area (Å²) in [4.78, 5) is 2.33. The molecule has 2 aromatic rings. The van der Waals surface area contributed by atoms with Gasteiger partial charge in [-0.1, -0.05) is 67.9 Å². The third-order valence-electron chi connectivity index (χ3n) is 4.50. The fraction of sp³-hybridized carbons (Fsp3) is 0.400. The van der Waals surface area contributed by atoms with E-state index in [2.05, 4.69) is 18.7 Å². The Labute approximate surface area is 144 Å². The van der Waals surface area contributed by atoms with Gasteiger partial charge in [0, 0.05) is 17.1 Å². The third kappa shape index (κ3) is 4.57. The minimum absolute atomic E-state index is 0.722. The molecule has 1 unspecified atom stereocenters. The van der Waals surface area contributed by atoms with Crippen LogP contribution < -0.4 is 0 Å². The van der Waals surface area contributed by atoms with Crippen LogP contribution in [0.4, 0.5) is 0 Å². The maximum absolute atomic E-state index is 10.8. The van der Waals surface area contributed by atoms with Crippen LogP contribution in [-0.4, -0.2) is 29.6 Å². The van der Waals surface area contributed by atoms with Gasteiger partial charge >= 0.3 is 0 Å². The van der Waals surface area contributed by atoms with Gasteiger partial charge in [-0.2, -0.15) is 0 Å². The van der Waals surface area contributed by atoms with Gasteiger partial charge in [0.2, 0.25) is 0 Å². The molecule has 2 nitrogen and oxygen atoms in total. The van der Waals surface area contributed by atoms with Crippen LogP contribution in [0.5, 0.6) is 0 Å². The highest BCUT2D eigenvalue weighted by Gasteiger charge is 2.23. The van der Waals surface area contributed by atoms with Gasteiger partial charge < -0.3 is 10.0 Å². The first-order valence-electron chi connectivity index (χ1n) is 8.28. The highest BCUT2D eigenvalue weighted by molar-refractivity contribution is 6.33. The van der Waals surface area contributed by atoms with E-state index in [1.807, 2.05) is 55.5 Å². The molecule has 0 aromatic heterocycles. The standard InChI is InChI=1S/C20H26ClNO/c1-4-22(5-2)15-14-20(3,23)17-12-10-16(11-13-17)18-8-6-7-9-19(18)21/h6-13,23H,4-5,14-15H2,1-3H3. The first-order valence-corrected chi connectivity index (χ1v) is 8.66. The van der Waals surface area contributed by atoms with Crippen molar-refractivity contribution in [3.8, 4) is 11.1 Å². The van der Waals surface area contributed by atoms with Gasteiger partial charge in [0.1, 0.15) is 0 Å². The number of rotatable bonds is 7. The molecule has 2 rings (SSSR count). The zero-order valence-corrected chi connectivity index (χ0v) is 15.0. The second-order valence-corrected chi connectivity index (χ2v) is 6.52. The van der Waals surface area contributed by atoms with Crippen molar-refractivity contribution in [2.24, 2.45) is 0 Å². The SMILES string of the molecule is CCN(CC)CCC(C)(O)c1ccc(-c2ccccc2Cl)cc1. The molecule has 0 saturated carbocycles. The van der Waals surface area contributed by atoms with Crippen LogP contribution in [0.3, 0.4) is 0 Å². The van der Waals surface area contributed by atoms with E-state index in [0.717, 1.165) is 47.8 Å². The minimum atomic E-state index is -0.818. The lowest BCUT2D eigenvalue weighted by atomic mass is 9.91. The van der Waals surface area contributed by atoms with Crippen LogP contribution in [-0.2, 0) is 5.60 Å². The van der Waals surface area contributed by atoms with E-state index < -0.39 is 5.60 Å². The van der Waals surface area contributed by atoms with Crippen LogP contribution in [0.1, 0.15) is 32.8 Å². The van der Waals surface area contributed by atoms with Gasteiger partial charge in [-0.05, 0) is 43.6 Å². The van der Waals surface area contributed by atoms with Crippen molar-refractivity contribution in [1.82, 2.24) is 4.90 Å². The summed E-state index contributed by atoms with van der Waals surface area (Å²) >= 11 is 6.25. The van der Waals surface area contributed by atoms with E-state index in [4.69, 9.17) is 11.6 Å². The summed E-state index contributed by atoms with van der Waals surface area (Å²) in [6.45, 7) is 9.11. The maximum Gasteiger partial charge on any atom is 0.0880 e. The molecule has 0 fully saturated rings. The van der Waals surface area contributed by atoms with Crippen molar-refractivity contribution >= 4 is 11.6 Å². The Morgan fingerprint density at radius 3 is 2.17 bits per heavy atom. The van der Waals surface area contributed by atoms with Crippen LogP contribution in [0.15, 0.2) is 48.5 Å². The van der Waals surface area contributed by atoms with Crippen molar-refractivity contribution in [3.63, 3.8) is 0 Å².